The number of nitrogens with one attached hydrogen (secondary N) is 1. The average molecular weight is 276 g/mol. The largest absolute Gasteiger partial charge is 0.392 e. The Morgan fingerprint density at radius 2 is 1.89 bits per heavy atom. The third-order valence-electron chi connectivity index (χ3n) is 2.83. The number of aryl methyl sites for hydroxylation is 1. The SMILES string of the molecule is Cc1cc(Cl)ccc1C(=O)Nc1ccc(CO)cc1. The number of anilines is 1. The molecule has 98 valence electrons. The standard InChI is InChI=1S/C15H14ClNO2/c1-10-8-12(16)4-7-14(10)15(19)17-13-5-2-11(9-18)3-6-13/h2-8,18H,9H2,1H3,(H,17,19). The van der Waals surface area contributed by atoms with Gasteiger partial charge in [-0.1, -0.05) is 23.7 Å². The highest BCUT2D eigenvalue weighted by Gasteiger charge is 2.09. The van der Waals surface area contributed by atoms with Gasteiger partial charge in [-0.2, -0.15) is 0 Å². The molecule has 0 atom stereocenters. The first-order valence-corrected chi connectivity index (χ1v) is 6.25. The van der Waals surface area contributed by atoms with E-state index in [2.05, 4.69) is 5.32 Å². The maximum Gasteiger partial charge on any atom is 0.255 e. The van der Waals surface area contributed by atoms with Gasteiger partial charge in [0.05, 0.1) is 6.61 Å². The van der Waals surface area contributed by atoms with Crippen molar-refractivity contribution in [3.05, 3.63) is 64.2 Å². The van der Waals surface area contributed by atoms with Crippen LogP contribution in [-0.2, 0) is 6.61 Å². The van der Waals surface area contributed by atoms with Crippen molar-refractivity contribution in [3.63, 3.8) is 0 Å². The first kappa shape index (κ1) is 13.6. The summed E-state index contributed by atoms with van der Waals surface area (Å²) in [4.78, 5) is 12.1. The number of hydrogen-bond donors (Lipinski definition) is 2. The van der Waals surface area contributed by atoms with E-state index in [4.69, 9.17) is 16.7 Å². The molecular formula is C15H14ClNO2. The second-order valence-electron chi connectivity index (χ2n) is 4.27. The van der Waals surface area contributed by atoms with E-state index in [1.165, 1.54) is 0 Å². The number of benzene rings is 2. The van der Waals surface area contributed by atoms with Crippen molar-refractivity contribution >= 4 is 23.2 Å². The average Bonchev–Trinajstić information content (AvgIpc) is 2.39. The molecule has 2 aromatic carbocycles. The smallest absolute Gasteiger partial charge is 0.255 e. The maximum atomic E-state index is 12.1. The predicted molar refractivity (Wildman–Crippen MR) is 76.5 cm³/mol. The minimum absolute atomic E-state index is 0.00941. The molecule has 0 aromatic heterocycles. The van der Waals surface area contributed by atoms with Gasteiger partial charge >= 0.3 is 0 Å². The van der Waals surface area contributed by atoms with Crippen molar-refractivity contribution in [3.8, 4) is 0 Å². The Morgan fingerprint density at radius 1 is 1.21 bits per heavy atom. The van der Waals surface area contributed by atoms with Crippen molar-refractivity contribution in [2.24, 2.45) is 0 Å². The zero-order valence-corrected chi connectivity index (χ0v) is 11.2. The van der Waals surface area contributed by atoms with E-state index in [-0.39, 0.29) is 12.5 Å². The van der Waals surface area contributed by atoms with Crippen molar-refractivity contribution in [1.82, 2.24) is 0 Å². The van der Waals surface area contributed by atoms with Crippen LogP contribution in [0.25, 0.3) is 0 Å². The monoisotopic (exact) mass is 275 g/mol. The molecule has 4 heteroatoms. The van der Waals surface area contributed by atoms with E-state index in [1.807, 2.05) is 6.92 Å². The van der Waals surface area contributed by atoms with Gasteiger partial charge in [0.2, 0.25) is 0 Å². The van der Waals surface area contributed by atoms with Crippen LogP contribution in [0.3, 0.4) is 0 Å². The summed E-state index contributed by atoms with van der Waals surface area (Å²) in [5.41, 5.74) is 2.92. The van der Waals surface area contributed by atoms with Gasteiger partial charge in [0.1, 0.15) is 0 Å². The number of aliphatic hydroxyl groups is 1. The van der Waals surface area contributed by atoms with Gasteiger partial charge in [0, 0.05) is 16.3 Å². The molecule has 0 heterocycles. The molecule has 0 aliphatic rings. The molecule has 0 saturated heterocycles. The third-order valence-corrected chi connectivity index (χ3v) is 3.06. The molecule has 0 saturated carbocycles. The molecule has 0 radical (unpaired) electrons. The van der Waals surface area contributed by atoms with E-state index >= 15 is 0 Å². The normalized spacial score (nSPS) is 10.3. The van der Waals surface area contributed by atoms with Crippen molar-refractivity contribution in [1.29, 1.82) is 0 Å². The van der Waals surface area contributed by atoms with Gasteiger partial charge in [-0.3, -0.25) is 4.79 Å². The Kier molecular flexibility index (Phi) is 4.20. The first-order valence-electron chi connectivity index (χ1n) is 5.87. The van der Waals surface area contributed by atoms with Gasteiger partial charge in [-0.25, -0.2) is 0 Å². The molecule has 0 aliphatic carbocycles. The summed E-state index contributed by atoms with van der Waals surface area (Å²) in [6.07, 6.45) is 0. The Labute approximate surface area is 116 Å². The molecule has 2 aromatic rings. The van der Waals surface area contributed by atoms with E-state index in [9.17, 15) is 4.79 Å². The molecule has 0 bridgehead atoms. The fourth-order valence-corrected chi connectivity index (χ4v) is 2.00. The van der Waals surface area contributed by atoms with E-state index in [0.29, 0.717) is 16.3 Å². The molecule has 19 heavy (non-hydrogen) atoms. The Morgan fingerprint density at radius 3 is 2.47 bits per heavy atom. The van der Waals surface area contributed by atoms with Gasteiger partial charge in [0.25, 0.3) is 5.91 Å². The number of amides is 1. The minimum Gasteiger partial charge on any atom is -0.392 e. The molecule has 0 fully saturated rings. The number of halogens is 1. The lowest BCUT2D eigenvalue weighted by Gasteiger charge is -2.08. The fourth-order valence-electron chi connectivity index (χ4n) is 1.77. The van der Waals surface area contributed by atoms with Crippen molar-refractivity contribution in [2.75, 3.05) is 5.32 Å². The summed E-state index contributed by atoms with van der Waals surface area (Å²) in [5, 5.41) is 12.4. The summed E-state index contributed by atoms with van der Waals surface area (Å²) in [5.74, 6) is -0.175. The highest BCUT2D eigenvalue weighted by molar-refractivity contribution is 6.30. The lowest BCUT2D eigenvalue weighted by molar-refractivity contribution is 0.102. The van der Waals surface area contributed by atoms with E-state index in [1.54, 1.807) is 42.5 Å². The van der Waals surface area contributed by atoms with Crippen LogP contribution in [0.15, 0.2) is 42.5 Å². The Balaban J connectivity index is 2.15. The van der Waals surface area contributed by atoms with Crippen LogP contribution < -0.4 is 5.32 Å². The summed E-state index contributed by atoms with van der Waals surface area (Å²) < 4.78 is 0. The molecule has 1 amide bonds. The molecule has 0 spiro atoms. The number of rotatable bonds is 3. The number of aliphatic hydroxyl groups excluding tert-OH is 1. The van der Waals surface area contributed by atoms with Crippen LogP contribution >= 0.6 is 11.6 Å². The molecule has 3 nitrogen and oxygen atoms in total. The summed E-state index contributed by atoms with van der Waals surface area (Å²) >= 11 is 5.86. The van der Waals surface area contributed by atoms with Gasteiger partial charge < -0.3 is 10.4 Å². The topological polar surface area (TPSA) is 49.3 Å². The lowest BCUT2D eigenvalue weighted by atomic mass is 10.1. The van der Waals surface area contributed by atoms with Gasteiger partial charge in [0.15, 0.2) is 0 Å². The zero-order valence-electron chi connectivity index (χ0n) is 10.5. The number of carbonyl (C=O) groups is 1. The van der Waals surface area contributed by atoms with Crippen LogP contribution in [0.1, 0.15) is 21.5 Å². The van der Waals surface area contributed by atoms with E-state index in [0.717, 1.165) is 11.1 Å². The molecular weight excluding hydrogens is 262 g/mol. The lowest BCUT2D eigenvalue weighted by Crippen LogP contribution is -2.13. The van der Waals surface area contributed by atoms with Crippen LogP contribution in [-0.4, -0.2) is 11.0 Å². The van der Waals surface area contributed by atoms with E-state index < -0.39 is 0 Å². The molecule has 0 unspecified atom stereocenters. The van der Waals surface area contributed by atoms with Crippen LogP contribution in [0, 0.1) is 6.92 Å². The quantitative estimate of drug-likeness (QED) is 0.902. The minimum atomic E-state index is -0.175. The highest BCUT2D eigenvalue weighted by Crippen LogP contribution is 2.17. The van der Waals surface area contributed by atoms with Crippen molar-refractivity contribution < 1.29 is 9.90 Å². The summed E-state index contributed by atoms with van der Waals surface area (Å²) in [7, 11) is 0. The second-order valence-corrected chi connectivity index (χ2v) is 4.70. The number of hydrogen-bond acceptors (Lipinski definition) is 2. The van der Waals surface area contributed by atoms with Crippen LogP contribution in [0.5, 0.6) is 0 Å². The first-order chi connectivity index (χ1) is 9.10. The fraction of sp³-hybridized carbons (Fsp3) is 0.133. The second kappa shape index (κ2) is 5.87. The predicted octanol–water partition coefficient (Wildman–Crippen LogP) is 3.39. The molecule has 2 N–H and O–H groups in total. The van der Waals surface area contributed by atoms with Crippen molar-refractivity contribution in [2.45, 2.75) is 13.5 Å². The summed E-state index contributed by atoms with van der Waals surface area (Å²) in [6, 6.07) is 12.2. The summed E-state index contributed by atoms with van der Waals surface area (Å²) in [6.45, 7) is 1.83. The zero-order chi connectivity index (χ0) is 13.8. The molecule has 2 rings (SSSR count). The van der Waals surface area contributed by atoms with Gasteiger partial charge in [-0.15, -0.1) is 0 Å². The van der Waals surface area contributed by atoms with Crippen LogP contribution in [0.2, 0.25) is 5.02 Å². The van der Waals surface area contributed by atoms with Gasteiger partial charge in [-0.05, 0) is 48.4 Å². The Bertz CT molecular complexity index is 594. The third kappa shape index (κ3) is 3.34. The number of carbonyl (C=O) groups excluding carboxylic acids is 1. The van der Waals surface area contributed by atoms with Crippen LogP contribution in [0.4, 0.5) is 5.69 Å². The Hall–Kier alpha value is -1.84. The highest BCUT2D eigenvalue weighted by atomic mass is 35.5. The molecule has 0 aliphatic heterocycles. The maximum absolute atomic E-state index is 12.1.